The lowest BCUT2D eigenvalue weighted by molar-refractivity contribution is 0.0994. The summed E-state index contributed by atoms with van der Waals surface area (Å²) in [5.74, 6) is 0.466. The van der Waals surface area contributed by atoms with Gasteiger partial charge in [0.1, 0.15) is 11.4 Å². The standard InChI is InChI=1S/C21H18N4O2S/c1-3-27-16-10-8-15(9-11-16)25(20(26)18-13-22-14(2)12-23-18)21-24-17-6-4-5-7-19(17)28-21/h4-13H,3H2,1-2H3. The fraction of sp³-hybridized carbons (Fsp3) is 0.143. The van der Waals surface area contributed by atoms with Crippen LogP contribution in [0.4, 0.5) is 10.8 Å². The van der Waals surface area contributed by atoms with E-state index in [9.17, 15) is 4.79 Å². The van der Waals surface area contributed by atoms with Crippen molar-refractivity contribution in [2.24, 2.45) is 0 Å². The molecule has 4 aromatic rings. The molecular weight excluding hydrogens is 372 g/mol. The Morgan fingerprint density at radius 2 is 1.86 bits per heavy atom. The Balaban J connectivity index is 1.79. The number of carbonyl (C=O) groups excluding carboxylic acids is 1. The number of aryl methyl sites for hydroxylation is 1. The molecule has 0 spiro atoms. The summed E-state index contributed by atoms with van der Waals surface area (Å²) >= 11 is 1.46. The predicted octanol–water partition coefficient (Wildman–Crippen LogP) is 4.77. The first-order valence-corrected chi connectivity index (χ1v) is 9.69. The van der Waals surface area contributed by atoms with E-state index in [0.717, 1.165) is 21.7 Å². The highest BCUT2D eigenvalue weighted by atomic mass is 32.1. The Labute approximate surface area is 166 Å². The molecule has 0 unspecified atom stereocenters. The lowest BCUT2D eigenvalue weighted by atomic mass is 10.2. The van der Waals surface area contributed by atoms with Crippen LogP contribution in [-0.2, 0) is 0 Å². The molecule has 0 radical (unpaired) electrons. The lowest BCUT2D eigenvalue weighted by Gasteiger charge is -2.20. The van der Waals surface area contributed by atoms with E-state index in [4.69, 9.17) is 4.74 Å². The number of fused-ring (bicyclic) bond motifs is 1. The van der Waals surface area contributed by atoms with Crippen molar-refractivity contribution >= 4 is 38.3 Å². The van der Waals surface area contributed by atoms with Gasteiger partial charge < -0.3 is 4.74 Å². The lowest BCUT2D eigenvalue weighted by Crippen LogP contribution is -2.27. The number of hydrogen-bond acceptors (Lipinski definition) is 6. The van der Waals surface area contributed by atoms with Gasteiger partial charge in [-0.2, -0.15) is 0 Å². The van der Waals surface area contributed by atoms with Crippen LogP contribution in [0.15, 0.2) is 60.9 Å². The number of ether oxygens (including phenoxy) is 1. The molecule has 0 aliphatic rings. The third kappa shape index (κ3) is 3.57. The molecule has 0 fully saturated rings. The summed E-state index contributed by atoms with van der Waals surface area (Å²) in [4.78, 5) is 28.0. The number of para-hydroxylation sites is 1. The van der Waals surface area contributed by atoms with Crippen molar-refractivity contribution in [2.75, 3.05) is 11.5 Å². The van der Waals surface area contributed by atoms with E-state index in [1.807, 2.05) is 62.4 Å². The molecule has 28 heavy (non-hydrogen) atoms. The van der Waals surface area contributed by atoms with Crippen molar-refractivity contribution in [3.63, 3.8) is 0 Å². The summed E-state index contributed by atoms with van der Waals surface area (Å²) in [6, 6.07) is 15.2. The largest absolute Gasteiger partial charge is 0.494 e. The molecule has 0 N–H and O–H groups in total. The van der Waals surface area contributed by atoms with Gasteiger partial charge in [0.05, 0.1) is 34.4 Å². The molecule has 7 heteroatoms. The number of aromatic nitrogens is 3. The topological polar surface area (TPSA) is 68.2 Å². The molecule has 4 rings (SSSR count). The van der Waals surface area contributed by atoms with Gasteiger partial charge in [0, 0.05) is 6.20 Å². The number of anilines is 2. The molecule has 0 bridgehead atoms. The summed E-state index contributed by atoms with van der Waals surface area (Å²) in [6.07, 6.45) is 3.08. The van der Waals surface area contributed by atoms with Gasteiger partial charge in [-0.05, 0) is 50.2 Å². The van der Waals surface area contributed by atoms with E-state index in [1.165, 1.54) is 17.5 Å². The van der Waals surface area contributed by atoms with Crippen LogP contribution in [-0.4, -0.2) is 27.5 Å². The van der Waals surface area contributed by atoms with E-state index in [1.54, 1.807) is 11.1 Å². The first-order valence-electron chi connectivity index (χ1n) is 8.87. The van der Waals surface area contributed by atoms with Gasteiger partial charge in [-0.3, -0.25) is 14.7 Å². The normalized spacial score (nSPS) is 10.8. The average molecular weight is 390 g/mol. The van der Waals surface area contributed by atoms with Crippen molar-refractivity contribution in [1.82, 2.24) is 15.0 Å². The van der Waals surface area contributed by atoms with Crippen molar-refractivity contribution in [3.8, 4) is 5.75 Å². The summed E-state index contributed by atoms with van der Waals surface area (Å²) in [5.41, 5.74) is 2.55. The third-order valence-corrected chi connectivity index (χ3v) is 5.10. The SMILES string of the molecule is CCOc1ccc(N(C(=O)c2cnc(C)cn2)c2nc3ccccc3s2)cc1. The Morgan fingerprint density at radius 1 is 1.07 bits per heavy atom. The predicted molar refractivity (Wildman–Crippen MR) is 110 cm³/mol. The Kier molecular flexibility index (Phi) is 4.99. The maximum Gasteiger partial charge on any atom is 0.284 e. The average Bonchev–Trinajstić information content (AvgIpc) is 3.13. The number of hydrogen-bond donors (Lipinski definition) is 0. The molecule has 6 nitrogen and oxygen atoms in total. The highest BCUT2D eigenvalue weighted by Gasteiger charge is 2.24. The highest BCUT2D eigenvalue weighted by Crippen LogP contribution is 2.35. The fourth-order valence-electron chi connectivity index (χ4n) is 2.75. The summed E-state index contributed by atoms with van der Waals surface area (Å²) in [7, 11) is 0. The molecule has 2 heterocycles. The number of nitrogens with zero attached hydrogens (tertiary/aromatic N) is 4. The maximum atomic E-state index is 13.3. The van der Waals surface area contributed by atoms with Crippen LogP contribution in [0.2, 0.25) is 0 Å². The van der Waals surface area contributed by atoms with Gasteiger partial charge in [0.15, 0.2) is 5.13 Å². The van der Waals surface area contributed by atoms with Crippen LogP contribution in [0.5, 0.6) is 5.75 Å². The molecule has 0 aliphatic carbocycles. The van der Waals surface area contributed by atoms with Crippen molar-refractivity contribution in [2.45, 2.75) is 13.8 Å². The fourth-order valence-corrected chi connectivity index (χ4v) is 3.73. The van der Waals surface area contributed by atoms with Gasteiger partial charge in [-0.15, -0.1) is 0 Å². The molecule has 2 aromatic carbocycles. The second kappa shape index (κ2) is 7.74. The van der Waals surface area contributed by atoms with Crippen LogP contribution in [0, 0.1) is 6.92 Å². The molecule has 0 saturated heterocycles. The zero-order valence-electron chi connectivity index (χ0n) is 15.5. The van der Waals surface area contributed by atoms with E-state index in [2.05, 4.69) is 15.0 Å². The number of amides is 1. The summed E-state index contributed by atoms with van der Waals surface area (Å²) in [5, 5.41) is 0.581. The quantitative estimate of drug-likeness (QED) is 0.491. The maximum absolute atomic E-state index is 13.3. The Bertz CT molecular complexity index is 1070. The van der Waals surface area contributed by atoms with Crippen LogP contribution < -0.4 is 9.64 Å². The second-order valence-electron chi connectivity index (χ2n) is 6.07. The zero-order valence-corrected chi connectivity index (χ0v) is 16.3. The number of rotatable bonds is 5. The van der Waals surface area contributed by atoms with E-state index >= 15 is 0 Å². The van der Waals surface area contributed by atoms with Crippen LogP contribution in [0.3, 0.4) is 0 Å². The van der Waals surface area contributed by atoms with E-state index in [0.29, 0.717) is 17.4 Å². The third-order valence-electron chi connectivity index (χ3n) is 4.08. The Hall–Kier alpha value is -3.32. The molecular formula is C21H18N4O2S. The number of thiazole rings is 1. The minimum atomic E-state index is -0.282. The summed E-state index contributed by atoms with van der Waals surface area (Å²) in [6.45, 7) is 4.35. The highest BCUT2D eigenvalue weighted by molar-refractivity contribution is 7.22. The van der Waals surface area contributed by atoms with E-state index < -0.39 is 0 Å². The van der Waals surface area contributed by atoms with Gasteiger partial charge in [-0.25, -0.2) is 9.97 Å². The van der Waals surface area contributed by atoms with Crippen molar-refractivity contribution < 1.29 is 9.53 Å². The first kappa shape index (κ1) is 18.1. The minimum absolute atomic E-state index is 0.263. The van der Waals surface area contributed by atoms with Gasteiger partial charge in [0.25, 0.3) is 5.91 Å². The second-order valence-corrected chi connectivity index (χ2v) is 7.08. The molecule has 140 valence electrons. The molecule has 0 atom stereocenters. The first-order chi connectivity index (χ1) is 13.7. The van der Waals surface area contributed by atoms with Crippen molar-refractivity contribution in [3.05, 3.63) is 72.3 Å². The minimum Gasteiger partial charge on any atom is -0.494 e. The Morgan fingerprint density at radius 3 is 2.54 bits per heavy atom. The smallest absolute Gasteiger partial charge is 0.284 e. The van der Waals surface area contributed by atoms with Crippen LogP contribution in [0.1, 0.15) is 23.1 Å². The monoisotopic (exact) mass is 390 g/mol. The van der Waals surface area contributed by atoms with Gasteiger partial charge >= 0.3 is 0 Å². The zero-order chi connectivity index (χ0) is 19.5. The van der Waals surface area contributed by atoms with Crippen molar-refractivity contribution in [1.29, 1.82) is 0 Å². The summed E-state index contributed by atoms with van der Waals surface area (Å²) < 4.78 is 6.52. The van der Waals surface area contributed by atoms with Gasteiger partial charge in [0.2, 0.25) is 0 Å². The molecule has 2 aromatic heterocycles. The number of benzene rings is 2. The van der Waals surface area contributed by atoms with Gasteiger partial charge in [-0.1, -0.05) is 23.5 Å². The molecule has 0 saturated carbocycles. The van der Waals surface area contributed by atoms with Crippen LogP contribution in [0.25, 0.3) is 10.2 Å². The van der Waals surface area contributed by atoms with Crippen LogP contribution >= 0.6 is 11.3 Å². The van der Waals surface area contributed by atoms with E-state index in [-0.39, 0.29) is 11.6 Å². The number of carbonyl (C=O) groups is 1. The molecule has 0 aliphatic heterocycles. The molecule has 1 amide bonds.